The molecule has 0 saturated carbocycles. The maximum absolute atomic E-state index is 12.9. The molecule has 0 radical (unpaired) electrons. The van der Waals surface area contributed by atoms with E-state index in [0.29, 0.717) is 28.9 Å². The molecule has 0 aliphatic heterocycles. The monoisotopic (exact) mass is 481 g/mol. The molecule has 0 fully saturated rings. The number of ether oxygens (including phenoxy) is 3. The van der Waals surface area contributed by atoms with E-state index in [1.807, 2.05) is 19.9 Å². The molecule has 2 heterocycles. The summed E-state index contributed by atoms with van der Waals surface area (Å²) in [6.07, 6.45) is 1.39. The van der Waals surface area contributed by atoms with Crippen LogP contribution < -0.4 is 18.9 Å². The molecule has 0 aliphatic rings. The van der Waals surface area contributed by atoms with Crippen LogP contribution in [0.15, 0.2) is 65.8 Å². The highest BCUT2D eigenvalue weighted by Crippen LogP contribution is 2.30. The Hall–Kier alpha value is -4.12. The summed E-state index contributed by atoms with van der Waals surface area (Å²) in [4.78, 5) is 8.38. The van der Waals surface area contributed by atoms with Crippen molar-refractivity contribution >= 4 is 15.7 Å². The maximum Gasteiger partial charge on any atom is 0.265 e. The van der Waals surface area contributed by atoms with Gasteiger partial charge in [-0.1, -0.05) is 0 Å². The lowest BCUT2D eigenvalue weighted by atomic mass is 10.3. The Bertz CT molecular complexity index is 1420. The van der Waals surface area contributed by atoms with Crippen LogP contribution in [0.1, 0.15) is 11.4 Å². The summed E-state index contributed by atoms with van der Waals surface area (Å²) in [6.45, 7) is 3.84. The molecule has 0 saturated heterocycles. The molecule has 11 heteroatoms. The van der Waals surface area contributed by atoms with Crippen molar-refractivity contribution in [1.82, 2.24) is 19.7 Å². The molecule has 0 spiro atoms. The van der Waals surface area contributed by atoms with Gasteiger partial charge in [0.1, 0.15) is 28.5 Å². The highest BCUT2D eigenvalue weighted by Gasteiger charge is 2.20. The quantitative estimate of drug-likeness (QED) is 0.403. The highest BCUT2D eigenvalue weighted by molar-refractivity contribution is 7.92. The molecule has 1 N–H and O–H groups in total. The first-order chi connectivity index (χ1) is 16.3. The van der Waals surface area contributed by atoms with Gasteiger partial charge in [-0.25, -0.2) is 23.1 Å². The Balaban J connectivity index is 1.50. The third-order valence-electron chi connectivity index (χ3n) is 4.84. The van der Waals surface area contributed by atoms with Crippen LogP contribution in [0, 0.1) is 13.8 Å². The second kappa shape index (κ2) is 9.40. The second-order valence-electron chi connectivity index (χ2n) is 7.30. The van der Waals surface area contributed by atoms with Crippen LogP contribution in [0.25, 0.3) is 5.82 Å². The summed E-state index contributed by atoms with van der Waals surface area (Å²) >= 11 is 0. The first kappa shape index (κ1) is 23.1. The fraction of sp³-hybridized carbons (Fsp3) is 0.174. The van der Waals surface area contributed by atoms with Crippen LogP contribution in [-0.2, 0) is 10.0 Å². The van der Waals surface area contributed by atoms with Crippen molar-refractivity contribution in [2.45, 2.75) is 18.7 Å². The van der Waals surface area contributed by atoms with E-state index in [9.17, 15) is 8.42 Å². The van der Waals surface area contributed by atoms with E-state index in [4.69, 9.17) is 14.2 Å². The van der Waals surface area contributed by atoms with Crippen LogP contribution in [0.5, 0.6) is 23.1 Å². The van der Waals surface area contributed by atoms with E-state index in [1.165, 1.54) is 32.7 Å². The number of nitrogens with one attached hydrogen (secondary N) is 1. The predicted molar refractivity (Wildman–Crippen MR) is 125 cm³/mol. The number of sulfonamides is 1. The third-order valence-corrected chi connectivity index (χ3v) is 6.26. The molecule has 2 aromatic carbocycles. The van der Waals surface area contributed by atoms with Crippen molar-refractivity contribution in [2.24, 2.45) is 0 Å². The minimum absolute atomic E-state index is 0.00575. The minimum Gasteiger partial charge on any atom is -0.497 e. The number of methoxy groups -OCH3 is 2. The van der Waals surface area contributed by atoms with Crippen molar-refractivity contribution < 1.29 is 22.6 Å². The maximum atomic E-state index is 12.9. The van der Waals surface area contributed by atoms with E-state index < -0.39 is 10.0 Å². The van der Waals surface area contributed by atoms with Crippen LogP contribution >= 0.6 is 0 Å². The molecule has 2 aromatic heterocycles. The van der Waals surface area contributed by atoms with Gasteiger partial charge < -0.3 is 14.2 Å². The van der Waals surface area contributed by atoms with Crippen LogP contribution in [0.4, 0.5) is 5.69 Å². The molecule has 0 bridgehead atoms. The zero-order valence-electron chi connectivity index (χ0n) is 19.0. The van der Waals surface area contributed by atoms with Gasteiger partial charge >= 0.3 is 0 Å². The summed E-state index contributed by atoms with van der Waals surface area (Å²) in [6, 6.07) is 14.5. The van der Waals surface area contributed by atoms with Crippen molar-refractivity contribution in [2.75, 3.05) is 18.9 Å². The second-order valence-corrected chi connectivity index (χ2v) is 8.95. The predicted octanol–water partition coefficient (Wildman–Crippen LogP) is 3.89. The van der Waals surface area contributed by atoms with Crippen LogP contribution in [0.3, 0.4) is 0 Å². The molecule has 0 atom stereocenters. The molecular formula is C23H23N5O5S. The lowest BCUT2D eigenvalue weighted by molar-refractivity contribution is 0.386. The lowest BCUT2D eigenvalue weighted by Gasteiger charge is -2.13. The molecular weight excluding hydrogens is 458 g/mol. The largest absolute Gasteiger partial charge is 0.497 e. The van der Waals surface area contributed by atoms with Gasteiger partial charge in [0.2, 0.25) is 5.88 Å². The molecule has 176 valence electrons. The number of rotatable bonds is 8. The van der Waals surface area contributed by atoms with Gasteiger partial charge in [0.25, 0.3) is 10.0 Å². The molecule has 0 amide bonds. The normalized spacial score (nSPS) is 11.2. The number of anilines is 1. The number of aryl methyl sites for hydroxylation is 2. The summed E-state index contributed by atoms with van der Waals surface area (Å²) < 4.78 is 46.1. The average Bonchev–Trinajstić information content (AvgIpc) is 3.17. The van der Waals surface area contributed by atoms with Crippen molar-refractivity contribution in [3.63, 3.8) is 0 Å². The minimum atomic E-state index is -3.89. The smallest absolute Gasteiger partial charge is 0.265 e. The summed E-state index contributed by atoms with van der Waals surface area (Å²) in [5.41, 5.74) is 2.17. The highest BCUT2D eigenvalue weighted by atomic mass is 32.2. The molecule has 34 heavy (non-hydrogen) atoms. The van der Waals surface area contributed by atoms with Gasteiger partial charge in [0.15, 0.2) is 5.82 Å². The number of aromatic nitrogens is 4. The van der Waals surface area contributed by atoms with Gasteiger partial charge in [-0.3, -0.25) is 4.72 Å². The van der Waals surface area contributed by atoms with Gasteiger partial charge in [-0.05, 0) is 56.3 Å². The van der Waals surface area contributed by atoms with E-state index in [-0.39, 0.29) is 10.6 Å². The topological polar surface area (TPSA) is 117 Å². The van der Waals surface area contributed by atoms with Gasteiger partial charge in [-0.15, -0.1) is 0 Å². The fourth-order valence-corrected chi connectivity index (χ4v) is 4.49. The Kier molecular flexibility index (Phi) is 6.37. The molecule has 4 rings (SSSR count). The van der Waals surface area contributed by atoms with E-state index in [0.717, 1.165) is 11.4 Å². The standard InChI is InChI=1S/C23H23N5O5S/c1-15-11-16(2)28(26-15)22-13-23(25-14-24-22)33-18-7-5-17(6-8-18)27-34(29,30)21-10-9-19(31-3)12-20(21)32-4/h5-14,27H,1-4H3. The van der Waals surface area contributed by atoms with Gasteiger partial charge in [-0.2, -0.15) is 5.10 Å². The Morgan fingerprint density at radius 2 is 1.62 bits per heavy atom. The fourth-order valence-electron chi connectivity index (χ4n) is 3.28. The average molecular weight is 482 g/mol. The number of nitrogens with zero attached hydrogens (tertiary/aromatic N) is 4. The van der Waals surface area contributed by atoms with E-state index >= 15 is 0 Å². The first-order valence-corrected chi connectivity index (χ1v) is 11.7. The van der Waals surface area contributed by atoms with Gasteiger partial charge in [0.05, 0.1) is 19.9 Å². The lowest BCUT2D eigenvalue weighted by Crippen LogP contribution is -2.14. The van der Waals surface area contributed by atoms with Crippen LogP contribution in [-0.4, -0.2) is 42.4 Å². The third kappa shape index (κ3) is 4.94. The Morgan fingerprint density at radius 3 is 2.26 bits per heavy atom. The SMILES string of the molecule is COc1ccc(S(=O)(=O)Nc2ccc(Oc3cc(-n4nc(C)cc4C)ncn3)cc2)c(OC)c1. The zero-order chi connectivity index (χ0) is 24.3. The molecule has 0 aliphatic carbocycles. The molecule has 10 nitrogen and oxygen atoms in total. The Morgan fingerprint density at radius 1 is 0.882 bits per heavy atom. The van der Waals surface area contributed by atoms with Crippen molar-refractivity contribution in [3.8, 4) is 28.9 Å². The zero-order valence-corrected chi connectivity index (χ0v) is 19.8. The van der Waals surface area contributed by atoms with Crippen LogP contribution in [0.2, 0.25) is 0 Å². The van der Waals surface area contributed by atoms with E-state index in [1.54, 1.807) is 41.1 Å². The summed E-state index contributed by atoms with van der Waals surface area (Å²) in [5.74, 6) is 2.04. The molecule has 0 unspecified atom stereocenters. The van der Waals surface area contributed by atoms with Gasteiger partial charge in [0, 0.05) is 23.5 Å². The van der Waals surface area contributed by atoms with E-state index in [2.05, 4.69) is 19.8 Å². The number of benzene rings is 2. The number of hydrogen-bond acceptors (Lipinski definition) is 8. The van der Waals surface area contributed by atoms with Crippen molar-refractivity contribution in [3.05, 3.63) is 72.3 Å². The molecule has 4 aromatic rings. The summed E-state index contributed by atoms with van der Waals surface area (Å²) in [5, 5.41) is 4.41. The first-order valence-electron chi connectivity index (χ1n) is 10.2. The summed E-state index contributed by atoms with van der Waals surface area (Å²) in [7, 11) is -1.00. The van der Waals surface area contributed by atoms with Crippen molar-refractivity contribution in [1.29, 1.82) is 0 Å². The Labute approximate surface area is 197 Å². The number of hydrogen-bond donors (Lipinski definition) is 1.